The van der Waals surface area contributed by atoms with Gasteiger partial charge < -0.3 is 4.74 Å². The summed E-state index contributed by atoms with van der Waals surface area (Å²) in [6.07, 6.45) is 12.1. The molecule has 130 valence electrons. The van der Waals surface area contributed by atoms with Crippen molar-refractivity contribution in [2.75, 3.05) is 7.11 Å². The first-order valence-electron chi connectivity index (χ1n) is 8.57. The first kappa shape index (κ1) is 16.5. The van der Waals surface area contributed by atoms with E-state index in [4.69, 9.17) is 4.74 Å². The van der Waals surface area contributed by atoms with E-state index in [0.29, 0.717) is 0 Å². The molecular weight excluding hydrogens is 328 g/mol. The van der Waals surface area contributed by atoms with Crippen molar-refractivity contribution in [3.63, 3.8) is 0 Å². The van der Waals surface area contributed by atoms with Crippen molar-refractivity contribution in [3.8, 4) is 0 Å². The molecule has 0 N–H and O–H groups in total. The number of ether oxygens (including phenoxy) is 1. The topological polar surface area (TPSA) is 60.4 Å². The van der Waals surface area contributed by atoms with Gasteiger partial charge in [0.25, 0.3) is 0 Å². The maximum Gasteiger partial charge on any atom is 0.321 e. The van der Waals surface area contributed by atoms with Gasteiger partial charge in [0.1, 0.15) is 5.41 Å². The summed E-state index contributed by atoms with van der Waals surface area (Å²) in [5.74, 6) is -2.28. The van der Waals surface area contributed by atoms with Gasteiger partial charge in [-0.3, -0.25) is 14.4 Å². The van der Waals surface area contributed by atoms with Crippen LogP contribution in [0.3, 0.4) is 0 Å². The molecule has 0 spiro atoms. The number of esters is 1. The summed E-state index contributed by atoms with van der Waals surface area (Å²) in [6.45, 7) is 0. The summed E-state index contributed by atoms with van der Waals surface area (Å²) in [4.78, 5) is 37.5. The molecule has 4 heteroatoms. The molecule has 0 radical (unpaired) electrons. The summed E-state index contributed by atoms with van der Waals surface area (Å²) in [5, 5.41) is 0. The maximum atomic E-state index is 12.6. The molecule has 4 nitrogen and oxygen atoms in total. The minimum Gasteiger partial charge on any atom is -0.468 e. The van der Waals surface area contributed by atoms with E-state index in [9.17, 15) is 14.4 Å². The maximum absolute atomic E-state index is 12.6. The van der Waals surface area contributed by atoms with Crippen LogP contribution in [0, 0.1) is 23.2 Å². The van der Waals surface area contributed by atoms with E-state index in [1.807, 2.05) is 60.7 Å². The van der Waals surface area contributed by atoms with Gasteiger partial charge in [-0.25, -0.2) is 0 Å². The SMILES string of the molecule is COC(=O)[C@@]12C(=O)C=CC(=O)[C@@H]1[C@H]1/C(=C\C=C\c3ccccc3)C=C[C@H]12. The number of carbonyl (C=O) groups excluding carboxylic acids is 3. The molecule has 4 atom stereocenters. The second-order valence-electron chi connectivity index (χ2n) is 6.79. The number of methoxy groups -OCH3 is 1. The van der Waals surface area contributed by atoms with Crippen molar-refractivity contribution in [2.45, 2.75) is 0 Å². The van der Waals surface area contributed by atoms with Gasteiger partial charge in [0, 0.05) is 11.8 Å². The van der Waals surface area contributed by atoms with Crippen molar-refractivity contribution in [3.05, 3.63) is 77.9 Å². The molecule has 0 aliphatic heterocycles. The lowest BCUT2D eigenvalue weighted by atomic mass is 9.43. The lowest BCUT2D eigenvalue weighted by Gasteiger charge is -2.55. The summed E-state index contributed by atoms with van der Waals surface area (Å²) in [5.41, 5.74) is 0.649. The molecule has 0 aromatic heterocycles. The van der Waals surface area contributed by atoms with Crippen LogP contribution in [-0.2, 0) is 19.1 Å². The zero-order valence-electron chi connectivity index (χ0n) is 14.3. The highest BCUT2D eigenvalue weighted by Gasteiger charge is 2.73. The fourth-order valence-electron chi connectivity index (χ4n) is 4.51. The number of fused-ring (bicyclic) bond motifs is 4. The summed E-state index contributed by atoms with van der Waals surface area (Å²) < 4.78 is 4.90. The molecule has 0 bridgehead atoms. The van der Waals surface area contributed by atoms with Gasteiger partial charge in [-0.05, 0) is 23.3 Å². The Hall–Kier alpha value is -3.01. The summed E-state index contributed by atoms with van der Waals surface area (Å²) in [6, 6.07) is 9.89. The van der Waals surface area contributed by atoms with E-state index < -0.39 is 17.3 Å². The smallest absolute Gasteiger partial charge is 0.321 e. The first-order chi connectivity index (χ1) is 12.6. The lowest BCUT2D eigenvalue weighted by Crippen LogP contribution is -2.67. The predicted molar refractivity (Wildman–Crippen MR) is 96.8 cm³/mol. The quantitative estimate of drug-likeness (QED) is 0.624. The van der Waals surface area contributed by atoms with Crippen LogP contribution in [0.1, 0.15) is 5.56 Å². The number of benzene rings is 1. The second-order valence-corrected chi connectivity index (χ2v) is 6.79. The van der Waals surface area contributed by atoms with Crippen LogP contribution >= 0.6 is 0 Å². The zero-order chi connectivity index (χ0) is 18.3. The van der Waals surface area contributed by atoms with Crippen molar-refractivity contribution in [2.24, 2.45) is 23.2 Å². The molecular formula is C22H18O4. The van der Waals surface area contributed by atoms with Crippen LogP contribution in [0.5, 0.6) is 0 Å². The van der Waals surface area contributed by atoms with Crippen LogP contribution in [0.25, 0.3) is 6.08 Å². The molecule has 1 fully saturated rings. The van der Waals surface area contributed by atoms with Gasteiger partial charge in [0.05, 0.1) is 13.0 Å². The normalized spacial score (nSPS) is 33.3. The Bertz CT molecular complexity index is 903. The van der Waals surface area contributed by atoms with Crippen LogP contribution in [0.2, 0.25) is 0 Å². The summed E-state index contributed by atoms with van der Waals surface area (Å²) in [7, 11) is 1.26. The fraction of sp³-hybridized carbons (Fsp3) is 0.227. The van der Waals surface area contributed by atoms with E-state index in [-0.39, 0.29) is 23.4 Å². The number of allylic oxidation sites excluding steroid dienone is 7. The van der Waals surface area contributed by atoms with Gasteiger partial charge in [0.15, 0.2) is 11.6 Å². The Balaban J connectivity index is 1.66. The molecule has 1 saturated carbocycles. The van der Waals surface area contributed by atoms with Crippen LogP contribution in [0.15, 0.2) is 72.4 Å². The minimum absolute atomic E-state index is 0.157. The fourth-order valence-corrected chi connectivity index (χ4v) is 4.51. The van der Waals surface area contributed by atoms with E-state index in [1.165, 1.54) is 19.3 Å². The molecule has 4 rings (SSSR count). The van der Waals surface area contributed by atoms with Crippen LogP contribution in [0.4, 0.5) is 0 Å². The number of hydrogen-bond donors (Lipinski definition) is 0. The third-order valence-electron chi connectivity index (χ3n) is 5.66. The standard InChI is InChI=1S/C22H18O4/c1-26-21(25)22-16-11-10-15(9-5-8-14-6-3-2-4-7-14)19(16)20(22)17(23)12-13-18(22)24/h2-13,16,19-20H,1H3/b8-5+,15-9-/t16-,19+,20-,22+/m1/s1. The highest BCUT2D eigenvalue weighted by atomic mass is 16.5. The molecule has 0 amide bonds. The molecule has 0 heterocycles. The van der Waals surface area contributed by atoms with Gasteiger partial charge in [-0.2, -0.15) is 0 Å². The minimum atomic E-state index is -1.39. The van der Waals surface area contributed by atoms with Crippen molar-refractivity contribution >= 4 is 23.6 Å². The number of carbonyl (C=O) groups is 3. The van der Waals surface area contributed by atoms with E-state index >= 15 is 0 Å². The predicted octanol–water partition coefficient (Wildman–Crippen LogP) is 2.93. The molecule has 1 aromatic rings. The Morgan fingerprint density at radius 2 is 1.88 bits per heavy atom. The number of ketones is 2. The Kier molecular flexibility index (Phi) is 3.83. The van der Waals surface area contributed by atoms with Crippen LogP contribution in [-0.4, -0.2) is 24.6 Å². The van der Waals surface area contributed by atoms with Crippen molar-refractivity contribution < 1.29 is 19.1 Å². The average molecular weight is 346 g/mol. The largest absolute Gasteiger partial charge is 0.468 e. The van der Waals surface area contributed by atoms with E-state index in [2.05, 4.69) is 0 Å². The molecule has 3 aliphatic carbocycles. The van der Waals surface area contributed by atoms with Gasteiger partial charge in [-0.15, -0.1) is 0 Å². The van der Waals surface area contributed by atoms with Crippen molar-refractivity contribution in [1.29, 1.82) is 0 Å². The molecule has 1 aromatic carbocycles. The first-order valence-corrected chi connectivity index (χ1v) is 8.57. The molecule has 3 aliphatic rings. The Morgan fingerprint density at radius 1 is 1.12 bits per heavy atom. The highest BCUT2D eigenvalue weighted by molar-refractivity contribution is 6.20. The molecule has 26 heavy (non-hydrogen) atoms. The third kappa shape index (κ3) is 2.11. The van der Waals surface area contributed by atoms with E-state index in [1.54, 1.807) is 0 Å². The van der Waals surface area contributed by atoms with E-state index in [0.717, 1.165) is 11.1 Å². The molecule has 0 unspecified atom stereocenters. The Labute approximate surface area is 151 Å². The zero-order valence-corrected chi connectivity index (χ0v) is 14.3. The summed E-state index contributed by atoms with van der Waals surface area (Å²) >= 11 is 0. The number of hydrogen-bond acceptors (Lipinski definition) is 4. The average Bonchev–Trinajstić information content (AvgIpc) is 2.99. The lowest BCUT2D eigenvalue weighted by molar-refractivity contribution is -0.184. The highest BCUT2D eigenvalue weighted by Crippen LogP contribution is 2.64. The Morgan fingerprint density at radius 3 is 2.62 bits per heavy atom. The third-order valence-corrected chi connectivity index (χ3v) is 5.66. The second kappa shape index (κ2) is 6.06. The van der Waals surface area contributed by atoms with Gasteiger partial charge >= 0.3 is 5.97 Å². The van der Waals surface area contributed by atoms with Crippen LogP contribution < -0.4 is 0 Å². The monoisotopic (exact) mass is 346 g/mol. The molecule has 0 saturated heterocycles. The van der Waals surface area contributed by atoms with Crippen molar-refractivity contribution in [1.82, 2.24) is 0 Å². The van der Waals surface area contributed by atoms with Gasteiger partial charge in [-0.1, -0.05) is 60.7 Å². The van der Waals surface area contributed by atoms with Gasteiger partial charge in [0.2, 0.25) is 0 Å². The number of rotatable bonds is 3.